The molecule has 0 aromatic heterocycles. The number of ether oxygens (including phenoxy) is 4. The van der Waals surface area contributed by atoms with Crippen molar-refractivity contribution in [1.29, 1.82) is 0 Å². The number of hydrogen-bond donors (Lipinski definition) is 4. The van der Waals surface area contributed by atoms with Crippen molar-refractivity contribution in [1.82, 2.24) is 0 Å². The van der Waals surface area contributed by atoms with E-state index in [2.05, 4.69) is 0 Å². The fraction of sp³-hybridized carbons (Fsp3) is 1.00. The molecule has 24 heavy (non-hydrogen) atoms. The lowest BCUT2D eigenvalue weighted by Crippen LogP contribution is -2.42. The van der Waals surface area contributed by atoms with Gasteiger partial charge in [0.15, 0.2) is 0 Å². The van der Waals surface area contributed by atoms with E-state index in [1.165, 1.54) is 0 Å². The Morgan fingerprint density at radius 1 is 0.500 bits per heavy atom. The largest absolute Gasteiger partial charge is 0.391 e. The summed E-state index contributed by atoms with van der Waals surface area (Å²) in [7, 11) is 0. The summed E-state index contributed by atoms with van der Waals surface area (Å²) >= 11 is 0. The van der Waals surface area contributed by atoms with Crippen LogP contribution < -0.4 is 0 Å². The maximum atomic E-state index is 9.41. The summed E-state index contributed by atoms with van der Waals surface area (Å²) in [5, 5.41) is 37.4. The Balaban J connectivity index is 4.69. The molecule has 8 heteroatoms. The zero-order valence-electron chi connectivity index (χ0n) is 15.1. The Bertz CT molecular complexity index is 255. The maximum Gasteiger partial charge on any atom is 0.109 e. The van der Waals surface area contributed by atoms with Crippen molar-refractivity contribution in [2.24, 2.45) is 0 Å². The molecule has 0 amide bonds. The van der Waals surface area contributed by atoms with E-state index in [4.69, 9.17) is 18.9 Å². The second-order valence-electron chi connectivity index (χ2n) is 6.21. The fourth-order valence-corrected chi connectivity index (χ4v) is 1.76. The van der Waals surface area contributed by atoms with Gasteiger partial charge in [0, 0.05) is 0 Å². The number of aliphatic hydroxyl groups is 4. The molecule has 146 valence electrons. The van der Waals surface area contributed by atoms with Gasteiger partial charge in [0.2, 0.25) is 0 Å². The van der Waals surface area contributed by atoms with Crippen LogP contribution in [-0.2, 0) is 18.9 Å². The summed E-state index contributed by atoms with van der Waals surface area (Å²) in [5.41, 5.74) is 0. The van der Waals surface area contributed by atoms with E-state index in [0.717, 1.165) is 0 Å². The van der Waals surface area contributed by atoms with Gasteiger partial charge in [-0.2, -0.15) is 0 Å². The van der Waals surface area contributed by atoms with Crippen molar-refractivity contribution in [3.63, 3.8) is 0 Å². The molecule has 4 N–H and O–H groups in total. The molecule has 0 spiro atoms. The molecule has 0 saturated carbocycles. The molecule has 0 aromatic carbocycles. The van der Waals surface area contributed by atoms with Gasteiger partial charge >= 0.3 is 0 Å². The highest BCUT2D eigenvalue weighted by Gasteiger charge is 2.25. The normalized spacial score (nSPS) is 19.5. The van der Waals surface area contributed by atoms with Crippen molar-refractivity contribution in [2.45, 2.75) is 64.3 Å². The van der Waals surface area contributed by atoms with Crippen LogP contribution in [0.4, 0.5) is 0 Å². The lowest BCUT2D eigenvalue weighted by Gasteiger charge is -2.28. The first kappa shape index (κ1) is 23.7. The molecule has 0 saturated heterocycles. The molecule has 6 atom stereocenters. The predicted octanol–water partition coefficient (Wildman–Crippen LogP) is -0.687. The summed E-state index contributed by atoms with van der Waals surface area (Å²) in [6, 6.07) is 0. The molecule has 0 aliphatic heterocycles. The molecule has 0 fully saturated rings. The molecular weight excluding hydrogens is 320 g/mol. The molecule has 6 unspecified atom stereocenters. The molecule has 0 aliphatic carbocycles. The Morgan fingerprint density at radius 2 is 0.792 bits per heavy atom. The van der Waals surface area contributed by atoms with E-state index in [9.17, 15) is 20.4 Å². The Kier molecular flexibility index (Phi) is 13.7. The van der Waals surface area contributed by atoms with Crippen molar-refractivity contribution in [3.05, 3.63) is 0 Å². The summed E-state index contributed by atoms with van der Waals surface area (Å²) in [4.78, 5) is 0. The van der Waals surface area contributed by atoms with Crippen LogP contribution in [0.5, 0.6) is 0 Å². The minimum Gasteiger partial charge on any atom is -0.391 e. The molecular formula is C16H34O8. The van der Waals surface area contributed by atoms with Gasteiger partial charge in [0.25, 0.3) is 0 Å². The Morgan fingerprint density at radius 3 is 1.04 bits per heavy atom. The van der Waals surface area contributed by atoms with Crippen molar-refractivity contribution < 1.29 is 39.4 Å². The Hall–Kier alpha value is -0.320. The van der Waals surface area contributed by atoms with Crippen LogP contribution in [0, 0.1) is 0 Å². The van der Waals surface area contributed by atoms with E-state index in [1.54, 1.807) is 27.7 Å². The van der Waals surface area contributed by atoms with Gasteiger partial charge in [-0.1, -0.05) is 0 Å². The second-order valence-corrected chi connectivity index (χ2v) is 6.21. The summed E-state index contributed by atoms with van der Waals surface area (Å²) in [6.45, 7) is 7.17. The van der Waals surface area contributed by atoms with Crippen LogP contribution >= 0.6 is 0 Å². The number of aliphatic hydroxyl groups excluding tert-OH is 4. The van der Waals surface area contributed by atoms with Crippen LogP contribution in [0.25, 0.3) is 0 Å². The fourth-order valence-electron chi connectivity index (χ4n) is 1.76. The maximum absolute atomic E-state index is 9.41. The van der Waals surface area contributed by atoms with E-state index in [1.807, 2.05) is 0 Å². The van der Waals surface area contributed by atoms with Gasteiger partial charge < -0.3 is 39.4 Å². The van der Waals surface area contributed by atoms with Gasteiger partial charge in [0.05, 0.1) is 64.1 Å². The van der Waals surface area contributed by atoms with Crippen LogP contribution in [-0.4, -0.2) is 96.7 Å². The van der Waals surface area contributed by atoms with E-state index < -0.39 is 36.6 Å². The van der Waals surface area contributed by atoms with Crippen molar-refractivity contribution in [2.75, 3.05) is 39.6 Å². The van der Waals surface area contributed by atoms with Gasteiger partial charge in [-0.15, -0.1) is 0 Å². The van der Waals surface area contributed by atoms with E-state index in [-0.39, 0.29) is 39.6 Å². The van der Waals surface area contributed by atoms with Gasteiger partial charge in [-0.3, -0.25) is 0 Å². The quantitative estimate of drug-likeness (QED) is 0.305. The highest BCUT2D eigenvalue weighted by atomic mass is 16.6. The highest BCUT2D eigenvalue weighted by Crippen LogP contribution is 2.09. The topological polar surface area (TPSA) is 118 Å². The average molecular weight is 354 g/mol. The average Bonchev–Trinajstić information content (AvgIpc) is 2.45. The third kappa shape index (κ3) is 14.1. The first-order valence-corrected chi connectivity index (χ1v) is 8.33. The molecule has 0 radical (unpaired) electrons. The highest BCUT2D eigenvalue weighted by molar-refractivity contribution is 4.72. The van der Waals surface area contributed by atoms with Gasteiger partial charge in [0.1, 0.15) is 12.2 Å². The molecule has 0 bridgehead atoms. The molecule has 0 heterocycles. The smallest absolute Gasteiger partial charge is 0.109 e. The minimum atomic E-state index is -0.653. The monoisotopic (exact) mass is 354 g/mol. The van der Waals surface area contributed by atoms with E-state index >= 15 is 0 Å². The third-order valence-corrected chi connectivity index (χ3v) is 2.80. The zero-order valence-corrected chi connectivity index (χ0v) is 15.1. The second kappa shape index (κ2) is 13.9. The lowest BCUT2D eigenvalue weighted by atomic mass is 10.2. The number of rotatable bonds is 15. The molecule has 0 aliphatic rings. The van der Waals surface area contributed by atoms with Crippen LogP contribution in [0.1, 0.15) is 27.7 Å². The Labute approximate surface area is 144 Å². The summed E-state index contributed by atoms with van der Waals surface area (Å²) in [6.07, 6.45) is -3.62. The van der Waals surface area contributed by atoms with Crippen molar-refractivity contribution >= 4 is 0 Å². The summed E-state index contributed by atoms with van der Waals surface area (Å²) < 4.78 is 22.1. The number of hydrogen-bond acceptors (Lipinski definition) is 8. The molecule has 0 rings (SSSR count). The van der Waals surface area contributed by atoms with E-state index in [0.29, 0.717) is 0 Å². The minimum absolute atomic E-state index is 0.0909. The third-order valence-electron chi connectivity index (χ3n) is 2.80. The first-order chi connectivity index (χ1) is 11.2. The first-order valence-electron chi connectivity index (χ1n) is 8.33. The van der Waals surface area contributed by atoms with Crippen molar-refractivity contribution in [3.8, 4) is 0 Å². The van der Waals surface area contributed by atoms with Crippen LogP contribution in [0.15, 0.2) is 0 Å². The standard InChI is InChI=1S/C16H34O8/c1-11(17)5-21-9-15(23-7-13(3)19)16(24-8-14(4)20)10-22-6-12(2)18/h11-20H,5-10H2,1-4H3. The summed E-state index contributed by atoms with van der Waals surface area (Å²) in [5.74, 6) is 0. The van der Waals surface area contributed by atoms with Gasteiger partial charge in [-0.25, -0.2) is 0 Å². The molecule has 8 nitrogen and oxygen atoms in total. The molecule has 0 aromatic rings. The predicted molar refractivity (Wildman–Crippen MR) is 87.8 cm³/mol. The van der Waals surface area contributed by atoms with Crippen LogP contribution in [0.3, 0.4) is 0 Å². The van der Waals surface area contributed by atoms with Gasteiger partial charge in [-0.05, 0) is 27.7 Å². The SMILES string of the molecule is CC(O)COCC(OCC(C)O)C(COCC(C)O)OCC(C)O. The lowest BCUT2D eigenvalue weighted by molar-refractivity contribution is -0.150. The zero-order chi connectivity index (χ0) is 18.5. The van der Waals surface area contributed by atoms with Crippen LogP contribution in [0.2, 0.25) is 0 Å².